The highest BCUT2D eigenvalue weighted by molar-refractivity contribution is 7.18. The van der Waals surface area contributed by atoms with Crippen molar-refractivity contribution in [3.05, 3.63) is 64.7 Å². The number of nitrogens with one attached hydrogen (secondary N) is 1. The monoisotopic (exact) mass is 396 g/mol. The molecule has 0 spiro atoms. The fourth-order valence-electron chi connectivity index (χ4n) is 2.43. The van der Waals surface area contributed by atoms with Gasteiger partial charge in [0.15, 0.2) is 17.4 Å². The fraction of sp³-hybridized carbons (Fsp3) is 0.0556. The third-order valence-corrected chi connectivity index (χ3v) is 4.58. The minimum Gasteiger partial charge on any atom is -0.484 e. The van der Waals surface area contributed by atoms with Gasteiger partial charge in [-0.15, -0.1) is 10.2 Å². The molecule has 2 aromatic heterocycles. The molecule has 0 saturated heterocycles. The van der Waals surface area contributed by atoms with Crippen LogP contribution in [-0.2, 0) is 4.79 Å². The summed E-state index contributed by atoms with van der Waals surface area (Å²) in [6.07, 6.45) is 0. The summed E-state index contributed by atoms with van der Waals surface area (Å²) < 4.78 is 11.0. The van der Waals surface area contributed by atoms with Crippen LogP contribution in [0.15, 0.2) is 59.0 Å². The van der Waals surface area contributed by atoms with Gasteiger partial charge in [0, 0.05) is 17.5 Å². The van der Waals surface area contributed by atoms with Crippen LogP contribution in [0.3, 0.4) is 0 Å². The SMILES string of the molecule is O=C(COc1ccc([N+](=O)[O-])cc1)Nc1nnc(-c2cc3ccccc3o2)s1. The Kier molecular flexibility index (Phi) is 4.68. The van der Waals surface area contributed by atoms with Gasteiger partial charge in [-0.3, -0.25) is 20.2 Å². The average molecular weight is 396 g/mol. The molecular weight excluding hydrogens is 384 g/mol. The van der Waals surface area contributed by atoms with Crippen LogP contribution in [0.2, 0.25) is 0 Å². The molecule has 0 aliphatic rings. The molecule has 0 atom stereocenters. The zero-order valence-electron chi connectivity index (χ0n) is 14.2. The Hall–Kier alpha value is -3.79. The molecule has 1 N–H and O–H groups in total. The minimum atomic E-state index is -0.508. The minimum absolute atomic E-state index is 0.0521. The topological polar surface area (TPSA) is 120 Å². The number of ether oxygens (including phenoxy) is 1. The lowest BCUT2D eigenvalue weighted by molar-refractivity contribution is -0.384. The Morgan fingerprint density at radius 3 is 2.71 bits per heavy atom. The van der Waals surface area contributed by atoms with Crippen LogP contribution in [0.5, 0.6) is 5.75 Å². The summed E-state index contributed by atoms with van der Waals surface area (Å²) >= 11 is 1.18. The quantitative estimate of drug-likeness (QED) is 0.388. The smallest absolute Gasteiger partial charge is 0.269 e. The van der Waals surface area contributed by atoms with Crippen LogP contribution in [-0.4, -0.2) is 27.6 Å². The van der Waals surface area contributed by atoms with Gasteiger partial charge in [-0.1, -0.05) is 29.5 Å². The number of carbonyl (C=O) groups excluding carboxylic acids is 1. The molecule has 0 aliphatic carbocycles. The molecule has 2 aromatic carbocycles. The molecule has 28 heavy (non-hydrogen) atoms. The van der Waals surface area contributed by atoms with Gasteiger partial charge in [-0.05, 0) is 24.3 Å². The Labute approximate surface area is 161 Å². The van der Waals surface area contributed by atoms with Gasteiger partial charge in [0.2, 0.25) is 5.13 Å². The first kappa shape index (κ1) is 17.6. The summed E-state index contributed by atoms with van der Waals surface area (Å²) in [6.45, 7) is -0.267. The Bertz CT molecular complexity index is 1120. The van der Waals surface area contributed by atoms with Crippen molar-refractivity contribution in [2.45, 2.75) is 0 Å². The maximum absolute atomic E-state index is 12.0. The highest BCUT2D eigenvalue weighted by Crippen LogP contribution is 2.31. The van der Waals surface area contributed by atoms with Crippen LogP contribution in [0.4, 0.5) is 10.8 Å². The molecule has 0 radical (unpaired) electrons. The summed E-state index contributed by atoms with van der Waals surface area (Å²) in [5, 5.41) is 23.0. The van der Waals surface area contributed by atoms with Crippen LogP contribution in [0, 0.1) is 10.1 Å². The lowest BCUT2D eigenvalue weighted by Gasteiger charge is -2.05. The summed E-state index contributed by atoms with van der Waals surface area (Å²) in [7, 11) is 0. The number of hydrogen-bond acceptors (Lipinski definition) is 8. The average Bonchev–Trinajstić information content (AvgIpc) is 3.33. The number of carbonyl (C=O) groups is 1. The first-order valence-electron chi connectivity index (χ1n) is 8.08. The third-order valence-electron chi connectivity index (χ3n) is 3.73. The van der Waals surface area contributed by atoms with E-state index in [1.54, 1.807) is 0 Å². The first-order valence-corrected chi connectivity index (χ1v) is 8.90. The van der Waals surface area contributed by atoms with Crippen LogP contribution in [0.1, 0.15) is 0 Å². The van der Waals surface area contributed by atoms with E-state index in [9.17, 15) is 14.9 Å². The second-order valence-corrected chi connectivity index (χ2v) is 6.63. The van der Waals surface area contributed by atoms with E-state index in [1.165, 1.54) is 35.6 Å². The molecule has 140 valence electrons. The molecule has 0 bridgehead atoms. The number of nitrogens with zero attached hydrogens (tertiary/aromatic N) is 3. The van der Waals surface area contributed by atoms with E-state index < -0.39 is 10.8 Å². The van der Waals surface area contributed by atoms with Gasteiger partial charge in [-0.2, -0.15) is 0 Å². The number of anilines is 1. The van der Waals surface area contributed by atoms with Gasteiger partial charge in [-0.25, -0.2) is 0 Å². The predicted octanol–water partition coefficient (Wildman–Crippen LogP) is 3.88. The van der Waals surface area contributed by atoms with Crippen LogP contribution < -0.4 is 10.1 Å². The van der Waals surface area contributed by atoms with Crippen molar-refractivity contribution in [2.75, 3.05) is 11.9 Å². The van der Waals surface area contributed by atoms with Crippen molar-refractivity contribution in [2.24, 2.45) is 0 Å². The Morgan fingerprint density at radius 1 is 1.18 bits per heavy atom. The van der Waals surface area contributed by atoms with Gasteiger partial charge < -0.3 is 9.15 Å². The highest BCUT2D eigenvalue weighted by atomic mass is 32.1. The first-order chi connectivity index (χ1) is 13.6. The number of hydrogen-bond donors (Lipinski definition) is 1. The van der Waals surface area contributed by atoms with E-state index >= 15 is 0 Å². The number of nitro benzene ring substituents is 1. The third kappa shape index (κ3) is 3.81. The van der Waals surface area contributed by atoms with E-state index in [0.29, 0.717) is 21.6 Å². The normalized spacial score (nSPS) is 10.7. The molecule has 0 fully saturated rings. The maximum Gasteiger partial charge on any atom is 0.269 e. The molecule has 9 nitrogen and oxygen atoms in total. The van der Waals surface area contributed by atoms with Gasteiger partial charge in [0.05, 0.1) is 4.92 Å². The van der Waals surface area contributed by atoms with Crippen molar-refractivity contribution < 1.29 is 18.9 Å². The zero-order chi connectivity index (χ0) is 19.5. The number of amides is 1. The van der Waals surface area contributed by atoms with E-state index in [4.69, 9.17) is 9.15 Å². The van der Waals surface area contributed by atoms with E-state index in [1.807, 2.05) is 30.3 Å². The van der Waals surface area contributed by atoms with Gasteiger partial charge in [0.25, 0.3) is 11.6 Å². The summed E-state index contributed by atoms with van der Waals surface area (Å²) in [5.41, 5.74) is 0.693. The lowest BCUT2D eigenvalue weighted by Crippen LogP contribution is -2.20. The number of rotatable bonds is 6. The number of fused-ring (bicyclic) bond motifs is 1. The second-order valence-electron chi connectivity index (χ2n) is 5.65. The van der Waals surface area contributed by atoms with Crippen molar-refractivity contribution in [1.82, 2.24) is 10.2 Å². The maximum atomic E-state index is 12.0. The number of nitro groups is 1. The largest absolute Gasteiger partial charge is 0.484 e. The molecule has 0 saturated carbocycles. The molecule has 0 aliphatic heterocycles. The summed E-state index contributed by atoms with van der Waals surface area (Å²) in [4.78, 5) is 22.1. The number of para-hydroxylation sites is 1. The lowest BCUT2D eigenvalue weighted by atomic mass is 10.2. The molecule has 1 amide bonds. The zero-order valence-corrected chi connectivity index (χ0v) is 15.0. The molecular formula is C18H12N4O5S. The number of benzene rings is 2. The van der Waals surface area contributed by atoms with Crippen molar-refractivity contribution in [1.29, 1.82) is 0 Å². The molecule has 10 heteroatoms. The van der Waals surface area contributed by atoms with Crippen LogP contribution >= 0.6 is 11.3 Å². The number of non-ortho nitro benzene ring substituents is 1. The summed E-state index contributed by atoms with van der Waals surface area (Å²) in [5.74, 6) is 0.493. The van der Waals surface area contributed by atoms with Crippen molar-refractivity contribution >= 4 is 39.0 Å². The van der Waals surface area contributed by atoms with E-state index in [0.717, 1.165) is 11.0 Å². The molecule has 2 heterocycles. The Balaban J connectivity index is 1.36. The predicted molar refractivity (Wildman–Crippen MR) is 102 cm³/mol. The standard InChI is InChI=1S/C18H12N4O5S/c23-16(10-26-13-7-5-12(6-8-13)22(24)25)19-18-21-20-17(28-18)15-9-11-3-1-2-4-14(11)27-15/h1-9H,10H2,(H,19,21,23). The van der Waals surface area contributed by atoms with Crippen molar-refractivity contribution in [3.63, 3.8) is 0 Å². The summed E-state index contributed by atoms with van der Waals surface area (Å²) in [6, 6.07) is 14.9. The van der Waals surface area contributed by atoms with Gasteiger partial charge >= 0.3 is 0 Å². The highest BCUT2D eigenvalue weighted by Gasteiger charge is 2.14. The number of furan rings is 1. The second kappa shape index (κ2) is 7.45. The fourth-order valence-corrected chi connectivity index (χ4v) is 3.14. The van der Waals surface area contributed by atoms with Gasteiger partial charge in [0.1, 0.15) is 11.3 Å². The Morgan fingerprint density at radius 2 is 1.96 bits per heavy atom. The molecule has 4 aromatic rings. The molecule has 4 rings (SSSR count). The number of aromatic nitrogens is 2. The van der Waals surface area contributed by atoms with E-state index in [-0.39, 0.29) is 12.3 Å². The van der Waals surface area contributed by atoms with Crippen LogP contribution in [0.25, 0.3) is 21.7 Å². The van der Waals surface area contributed by atoms with E-state index in [2.05, 4.69) is 15.5 Å². The van der Waals surface area contributed by atoms with Crippen molar-refractivity contribution in [3.8, 4) is 16.5 Å². The molecule has 0 unspecified atom stereocenters.